The van der Waals surface area contributed by atoms with Crippen LogP contribution in [0.2, 0.25) is 5.02 Å². The molecule has 1 aliphatic rings. The van der Waals surface area contributed by atoms with Gasteiger partial charge in [-0.3, -0.25) is 9.59 Å². The molecule has 0 bridgehead atoms. The van der Waals surface area contributed by atoms with E-state index in [2.05, 4.69) is 10.0 Å². The first-order valence-corrected chi connectivity index (χ1v) is 10.9. The Hall–Kier alpha value is -1.64. The molecule has 2 N–H and O–H groups in total. The first-order chi connectivity index (χ1) is 12.7. The number of nitrogens with zero attached hydrogens (tertiary/aromatic N) is 1. The summed E-state index contributed by atoms with van der Waals surface area (Å²) in [6.45, 7) is 4.71. The molecular formula is C18H26ClN3O4S. The first kappa shape index (κ1) is 21.7. The Kier molecular flexibility index (Phi) is 7.64. The SMILES string of the molecule is CC(C)C(=O)NC1CCCN(C(=O)CCNS(=O)(=O)c2ccccc2Cl)C1. The van der Waals surface area contributed by atoms with Crippen LogP contribution in [0.15, 0.2) is 29.2 Å². The van der Waals surface area contributed by atoms with Crippen LogP contribution in [-0.2, 0) is 19.6 Å². The van der Waals surface area contributed by atoms with Crippen molar-refractivity contribution in [1.82, 2.24) is 14.9 Å². The number of amides is 2. The lowest BCUT2D eigenvalue weighted by Crippen LogP contribution is -2.50. The Morgan fingerprint density at radius 1 is 1.30 bits per heavy atom. The van der Waals surface area contributed by atoms with Crippen molar-refractivity contribution in [3.63, 3.8) is 0 Å². The van der Waals surface area contributed by atoms with E-state index in [0.717, 1.165) is 12.8 Å². The standard InChI is InChI=1S/C18H26ClN3O4S/c1-13(2)18(24)21-14-6-5-11-22(12-14)17(23)9-10-20-27(25,26)16-8-4-3-7-15(16)19/h3-4,7-8,13-14,20H,5-6,9-12H2,1-2H3,(H,21,24). The molecule has 7 nitrogen and oxygen atoms in total. The molecule has 1 saturated heterocycles. The molecule has 2 amide bonds. The van der Waals surface area contributed by atoms with Crippen LogP contribution in [0, 0.1) is 5.92 Å². The average molecular weight is 416 g/mol. The molecule has 0 aromatic heterocycles. The third kappa shape index (κ3) is 6.19. The van der Waals surface area contributed by atoms with Gasteiger partial charge in [0.25, 0.3) is 0 Å². The van der Waals surface area contributed by atoms with E-state index in [4.69, 9.17) is 11.6 Å². The molecule has 1 fully saturated rings. The van der Waals surface area contributed by atoms with Crippen molar-refractivity contribution in [3.8, 4) is 0 Å². The van der Waals surface area contributed by atoms with Crippen LogP contribution in [-0.4, -0.2) is 50.8 Å². The number of sulfonamides is 1. The van der Waals surface area contributed by atoms with Crippen molar-refractivity contribution in [3.05, 3.63) is 29.3 Å². The average Bonchev–Trinajstić information content (AvgIpc) is 2.61. The van der Waals surface area contributed by atoms with E-state index in [1.807, 2.05) is 13.8 Å². The predicted molar refractivity (Wildman–Crippen MR) is 104 cm³/mol. The first-order valence-electron chi connectivity index (χ1n) is 9.03. The minimum absolute atomic E-state index is 0.00597. The van der Waals surface area contributed by atoms with E-state index >= 15 is 0 Å². The lowest BCUT2D eigenvalue weighted by atomic mass is 10.0. The molecule has 27 heavy (non-hydrogen) atoms. The van der Waals surface area contributed by atoms with Gasteiger partial charge in [0.05, 0.1) is 5.02 Å². The zero-order chi connectivity index (χ0) is 20.0. The van der Waals surface area contributed by atoms with E-state index < -0.39 is 10.0 Å². The molecule has 2 rings (SSSR count). The highest BCUT2D eigenvalue weighted by Gasteiger charge is 2.25. The summed E-state index contributed by atoms with van der Waals surface area (Å²) in [5.74, 6) is -0.266. The maximum atomic E-state index is 12.4. The molecule has 0 aliphatic carbocycles. The summed E-state index contributed by atoms with van der Waals surface area (Å²) in [7, 11) is -3.76. The van der Waals surface area contributed by atoms with E-state index in [0.29, 0.717) is 13.1 Å². The van der Waals surface area contributed by atoms with Crippen molar-refractivity contribution < 1.29 is 18.0 Å². The van der Waals surface area contributed by atoms with E-state index in [-0.39, 0.29) is 46.7 Å². The molecule has 150 valence electrons. The van der Waals surface area contributed by atoms with Gasteiger partial charge in [0.2, 0.25) is 21.8 Å². The number of piperidine rings is 1. The van der Waals surface area contributed by atoms with E-state index in [1.54, 1.807) is 17.0 Å². The van der Waals surface area contributed by atoms with E-state index in [9.17, 15) is 18.0 Å². The highest BCUT2D eigenvalue weighted by Crippen LogP contribution is 2.20. The summed E-state index contributed by atoms with van der Waals surface area (Å²) < 4.78 is 27.0. The van der Waals surface area contributed by atoms with Crippen LogP contribution in [0.5, 0.6) is 0 Å². The van der Waals surface area contributed by atoms with Crippen LogP contribution in [0.4, 0.5) is 0 Å². The maximum absolute atomic E-state index is 12.4. The summed E-state index contributed by atoms with van der Waals surface area (Å²) in [6, 6.07) is 6.10. The zero-order valence-electron chi connectivity index (χ0n) is 15.6. The fourth-order valence-corrected chi connectivity index (χ4v) is 4.43. The maximum Gasteiger partial charge on any atom is 0.242 e. The van der Waals surface area contributed by atoms with Gasteiger partial charge in [0.15, 0.2) is 0 Å². The third-order valence-electron chi connectivity index (χ3n) is 4.40. The van der Waals surface area contributed by atoms with Gasteiger partial charge in [-0.2, -0.15) is 0 Å². The number of hydrogen-bond donors (Lipinski definition) is 2. The highest BCUT2D eigenvalue weighted by molar-refractivity contribution is 7.89. The van der Waals surface area contributed by atoms with Gasteiger partial charge in [-0.15, -0.1) is 0 Å². The second-order valence-corrected chi connectivity index (χ2v) is 9.06. The Balaban J connectivity index is 1.85. The molecule has 1 unspecified atom stereocenters. The largest absolute Gasteiger partial charge is 0.351 e. The van der Waals surface area contributed by atoms with Crippen LogP contribution in [0.1, 0.15) is 33.1 Å². The van der Waals surface area contributed by atoms with Crippen molar-refractivity contribution >= 4 is 33.4 Å². The van der Waals surface area contributed by atoms with Gasteiger partial charge in [0.1, 0.15) is 4.90 Å². The number of carbonyl (C=O) groups excluding carboxylic acids is 2. The zero-order valence-corrected chi connectivity index (χ0v) is 17.1. The van der Waals surface area contributed by atoms with Crippen LogP contribution in [0.3, 0.4) is 0 Å². The number of halogens is 1. The molecule has 1 aliphatic heterocycles. The number of benzene rings is 1. The molecule has 1 aromatic carbocycles. The lowest BCUT2D eigenvalue weighted by molar-refractivity contribution is -0.133. The summed E-state index contributed by atoms with van der Waals surface area (Å²) in [5, 5.41) is 3.09. The second-order valence-electron chi connectivity index (χ2n) is 6.92. The number of nitrogens with one attached hydrogen (secondary N) is 2. The fourth-order valence-electron chi connectivity index (χ4n) is 2.88. The van der Waals surface area contributed by atoms with Crippen LogP contribution >= 0.6 is 11.6 Å². The second kappa shape index (κ2) is 9.52. The van der Waals surface area contributed by atoms with E-state index in [1.165, 1.54) is 12.1 Å². The number of hydrogen-bond acceptors (Lipinski definition) is 4. The monoisotopic (exact) mass is 415 g/mol. The Morgan fingerprint density at radius 2 is 2.00 bits per heavy atom. The number of likely N-dealkylation sites (tertiary alicyclic amines) is 1. The van der Waals surface area contributed by atoms with Gasteiger partial charge in [-0.1, -0.05) is 37.6 Å². The normalized spacial score (nSPS) is 17.8. The molecule has 0 radical (unpaired) electrons. The molecule has 9 heteroatoms. The molecule has 1 atom stereocenters. The lowest BCUT2D eigenvalue weighted by Gasteiger charge is -2.33. The quantitative estimate of drug-likeness (QED) is 0.709. The molecule has 0 spiro atoms. The minimum atomic E-state index is -3.76. The number of rotatable bonds is 7. The molecular weight excluding hydrogens is 390 g/mol. The Morgan fingerprint density at radius 3 is 2.67 bits per heavy atom. The van der Waals surface area contributed by atoms with Gasteiger partial charge < -0.3 is 10.2 Å². The number of carbonyl (C=O) groups is 2. The smallest absolute Gasteiger partial charge is 0.242 e. The van der Waals surface area contributed by atoms with Crippen molar-refractivity contribution in [2.75, 3.05) is 19.6 Å². The topological polar surface area (TPSA) is 95.6 Å². The third-order valence-corrected chi connectivity index (χ3v) is 6.36. The van der Waals surface area contributed by atoms with Crippen molar-refractivity contribution in [2.45, 2.75) is 44.0 Å². The van der Waals surface area contributed by atoms with Gasteiger partial charge >= 0.3 is 0 Å². The van der Waals surface area contributed by atoms with Crippen molar-refractivity contribution in [2.24, 2.45) is 5.92 Å². The highest BCUT2D eigenvalue weighted by atomic mass is 35.5. The van der Waals surface area contributed by atoms with Gasteiger partial charge in [-0.25, -0.2) is 13.1 Å². The predicted octanol–water partition coefficient (Wildman–Crippen LogP) is 1.77. The molecule has 0 saturated carbocycles. The summed E-state index contributed by atoms with van der Waals surface area (Å²) >= 11 is 5.92. The van der Waals surface area contributed by atoms with Crippen LogP contribution < -0.4 is 10.0 Å². The molecule has 1 aromatic rings. The van der Waals surface area contributed by atoms with Gasteiger partial charge in [0, 0.05) is 38.0 Å². The van der Waals surface area contributed by atoms with Crippen LogP contribution in [0.25, 0.3) is 0 Å². The summed E-state index contributed by atoms with van der Waals surface area (Å²) in [4.78, 5) is 25.9. The minimum Gasteiger partial charge on any atom is -0.351 e. The summed E-state index contributed by atoms with van der Waals surface area (Å²) in [6.07, 6.45) is 1.69. The van der Waals surface area contributed by atoms with Gasteiger partial charge in [-0.05, 0) is 25.0 Å². The summed E-state index contributed by atoms with van der Waals surface area (Å²) in [5.41, 5.74) is 0. The Labute approximate surface area is 165 Å². The fraction of sp³-hybridized carbons (Fsp3) is 0.556. The molecule has 1 heterocycles. The Bertz CT molecular complexity index is 783. The van der Waals surface area contributed by atoms with Crippen molar-refractivity contribution in [1.29, 1.82) is 0 Å².